The summed E-state index contributed by atoms with van der Waals surface area (Å²) in [5.74, 6) is -0.163. The third-order valence-electron chi connectivity index (χ3n) is 3.90. The molecular weight excluding hydrogens is 314 g/mol. The van der Waals surface area contributed by atoms with Crippen LogP contribution in [0.15, 0.2) is 54.6 Å². The predicted molar refractivity (Wildman–Crippen MR) is 101 cm³/mol. The molecule has 2 aromatic rings. The third kappa shape index (κ3) is 6.39. The van der Waals surface area contributed by atoms with Crippen LogP contribution in [0.1, 0.15) is 18.9 Å². The molecule has 0 aliphatic heterocycles. The zero-order chi connectivity index (χ0) is 18.1. The molecule has 5 heteroatoms. The molecule has 0 aliphatic carbocycles. The number of rotatable bonds is 8. The van der Waals surface area contributed by atoms with Crippen LogP contribution < -0.4 is 15.5 Å². The van der Waals surface area contributed by atoms with Crippen LogP contribution in [0.2, 0.25) is 0 Å². The van der Waals surface area contributed by atoms with Gasteiger partial charge in [-0.3, -0.25) is 9.59 Å². The molecule has 1 atom stereocenters. The molecule has 0 bridgehead atoms. The van der Waals surface area contributed by atoms with E-state index in [2.05, 4.69) is 10.6 Å². The van der Waals surface area contributed by atoms with Crippen LogP contribution in [0.4, 0.5) is 11.4 Å². The van der Waals surface area contributed by atoms with Gasteiger partial charge in [-0.1, -0.05) is 43.3 Å². The highest BCUT2D eigenvalue weighted by Gasteiger charge is 2.18. The van der Waals surface area contributed by atoms with E-state index in [-0.39, 0.29) is 24.9 Å². The Morgan fingerprint density at radius 3 is 2.12 bits per heavy atom. The highest BCUT2D eigenvalue weighted by molar-refractivity contribution is 5.93. The number of carbonyl (C=O) groups excluding carboxylic acids is 2. The second-order valence-electron chi connectivity index (χ2n) is 6.13. The maximum Gasteiger partial charge on any atom is 0.279 e. The van der Waals surface area contributed by atoms with Crippen LogP contribution in [0.25, 0.3) is 0 Å². The van der Waals surface area contributed by atoms with Gasteiger partial charge in [0.05, 0.1) is 6.54 Å². The minimum atomic E-state index is -0.0849. The maximum absolute atomic E-state index is 12.3. The molecule has 0 saturated heterocycles. The molecule has 1 unspecified atom stereocenters. The van der Waals surface area contributed by atoms with Crippen molar-refractivity contribution in [1.82, 2.24) is 0 Å². The van der Waals surface area contributed by atoms with Gasteiger partial charge < -0.3 is 15.5 Å². The Balaban J connectivity index is 1.90. The summed E-state index contributed by atoms with van der Waals surface area (Å²) in [5, 5.41) is 5.80. The molecule has 2 rings (SSSR count). The van der Waals surface area contributed by atoms with Crippen LogP contribution in [0.5, 0.6) is 0 Å². The van der Waals surface area contributed by atoms with E-state index < -0.39 is 0 Å². The van der Waals surface area contributed by atoms with Crippen LogP contribution in [0, 0.1) is 6.92 Å². The molecule has 132 valence electrons. The van der Waals surface area contributed by atoms with Crippen LogP contribution in [0.3, 0.4) is 0 Å². The maximum atomic E-state index is 12.3. The number of para-hydroxylation sites is 2. The van der Waals surface area contributed by atoms with Gasteiger partial charge in [0.15, 0.2) is 13.1 Å². The number of carbonyl (C=O) groups is 2. The first-order chi connectivity index (χ1) is 12.1. The summed E-state index contributed by atoms with van der Waals surface area (Å²) in [6, 6.07) is 17.0. The van der Waals surface area contributed by atoms with Crippen molar-refractivity contribution in [2.45, 2.75) is 20.3 Å². The quantitative estimate of drug-likeness (QED) is 0.687. The summed E-state index contributed by atoms with van der Waals surface area (Å²) in [4.78, 5) is 25.5. The van der Waals surface area contributed by atoms with Crippen LogP contribution >= 0.6 is 0 Å². The number of nitrogens with one attached hydrogen (secondary N) is 3. The summed E-state index contributed by atoms with van der Waals surface area (Å²) in [7, 11) is 0. The molecule has 0 fully saturated rings. The molecule has 2 aromatic carbocycles. The van der Waals surface area contributed by atoms with E-state index >= 15 is 0 Å². The Kier molecular flexibility index (Phi) is 7.16. The number of quaternary nitrogens is 1. The number of anilines is 2. The van der Waals surface area contributed by atoms with Crippen molar-refractivity contribution in [2.24, 2.45) is 0 Å². The van der Waals surface area contributed by atoms with Crippen molar-refractivity contribution in [2.75, 3.05) is 30.3 Å². The summed E-state index contributed by atoms with van der Waals surface area (Å²) in [5.41, 5.74) is 2.61. The lowest BCUT2D eigenvalue weighted by Crippen LogP contribution is -3.14. The van der Waals surface area contributed by atoms with Gasteiger partial charge >= 0.3 is 0 Å². The average molecular weight is 340 g/mol. The average Bonchev–Trinajstić information content (AvgIpc) is 2.58. The Bertz CT molecular complexity index is 701. The monoisotopic (exact) mass is 340 g/mol. The lowest BCUT2D eigenvalue weighted by molar-refractivity contribution is -0.883. The Morgan fingerprint density at radius 1 is 0.880 bits per heavy atom. The second-order valence-corrected chi connectivity index (χ2v) is 6.13. The van der Waals surface area contributed by atoms with Gasteiger partial charge in [-0.25, -0.2) is 0 Å². The van der Waals surface area contributed by atoms with Gasteiger partial charge in [-0.15, -0.1) is 0 Å². The van der Waals surface area contributed by atoms with E-state index in [9.17, 15) is 9.59 Å². The molecule has 2 amide bonds. The SMILES string of the molecule is CCC[NH+](CC(=O)Nc1ccccc1)CC(=O)Nc1ccccc1C. The summed E-state index contributed by atoms with van der Waals surface area (Å²) in [6.45, 7) is 5.31. The third-order valence-corrected chi connectivity index (χ3v) is 3.90. The van der Waals surface area contributed by atoms with Gasteiger partial charge in [-0.05, 0) is 37.1 Å². The topological polar surface area (TPSA) is 62.6 Å². The molecule has 5 nitrogen and oxygen atoms in total. The first-order valence-electron chi connectivity index (χ1n) is 8.62. The van der Waals surface area contributed by atoms with E-state index in [1.54, 1.807) is 0 Å². The summed E-state index contributed by atoms with van der Waals surface area (Å²) in [6.07, 6.45) is 0.908. The minimum absolute atomic E-state index is 0.0785. The lowest BCUT2D eigenvalue weighted by atomic mass is 10.2. The summed E-state index contributed by atoms with van der Waals surface area (Å²) < 4.78 is 0. The van der Waals surface area contributed by atoms with E-state index in [0.717, 1.165) is 34.8 Å². The fourth-order valence-electron chi connectivity index (χ4n) is 2.68. The van der Waals surface area contributed by atoms with Crippen molar-refractivity contribution in [1.29, 1.82) is 0 Å². The second kappa shape index (κ2) is 9.59. The van der Waals surface area contributed by atoms with Gasteiger partial charge in [0, 0.05) is 11.4 Å². The van der Waals surface area contributed by atoms with Gasteiger partial charge in [0.25, 0.3) is 11.8 Å². The Labute approximate surface area is 149 Å². The van der Waals surface area contributed by atoms with Gasteiger partial charge in [0.2, 0.25) is 0 Å². The smallest absolute Gasteiger partial charge is 0.279 e. The number of hydrogen-bond acceptors (Lipinski definition) is 2. The van der Waals surface area contributed by atoms with Gasteiger partial charge in [0.1, 0.15) is 0 Å². The highest BCUT2D eigenvalue weighted by Crippen LogP contribution is 2.12. The van der Waals surface area contributed by atoms with Crippen molar-refractivity contribution >= 4 is 23.2 Å². The van der Waals surface area contributed by atoms with Gasteiger partial charge in [-0.2, -0.15) is 0 Å². The lowest BCUT2D eigenvalue weighted by Gasteiger charge is -2.18. The van der Waals surface area contributed by atoms with Crippen molar-refractivity contribution in [3.8, 4) is 0 Å². The molecule has 0 saturated carbocycles. The fourth-order valence-corrected chi connectivity index (χ4v) is 2.68. The van der Waals surface area contributed by atoms with E-state index in [1.807, 2.05) is 68.4 Å². The molecular formula is C20H26N3O2+. The minimum Gasteiger partial charge on any atom is -0.321 e. The normalized spacial score (nSPS) is 11.6. The van der Waals surface area contributed by atoms with E-state index in [4.69, 9.17) is 0 Å². The van der Waals surface area contributed by atoms with Crippen molar-refractivity contribution in [3.63, 3.8) is 0 Å². The Hall–Kier alpha value is -2.66. The van der Waals surface area contributed by atoms with E-state index in [1.165, 1.54) is 0 Å². The molecule has 0 heterocycles. The number of hydrogen-bond donors (Lipinski definition) is 3. The van der Waals surface area contributed by atoms with Crippen molar-refractivity contribution in [3.05, 3.63) is 60.2 Å². The summed E-state index contributed by atoms with van der Waals surface area (Å²) >= 11 is 0. The highest BCUT2D eigenvalue weighted by atomic mass is 16.2. The first kappa shape index (κ1) is 18.7. The number of benzene rings is 2. The molecule has 0 aromatic heterocycles. The molecule has 0 spiro atoms. The van der Waals surface area contributed by atoms with Crippen LogP contribution in [-0.4, -0.2) is 31.4 Å². The van der Waals surface area contributed by atoms with Crippen molar-refractivity contribution < 1.29 is 14.5 Å². The standard InChI is InChI=1S/C20H25N3O2/c1-3-13-23(14-19(24)21-17-10-5-4-6-11-17)15-20(25)22-18-12-8-7-9-16(18)2/h4-12H,3,13-15H2,1-2H3,(H,21,24)(H,22,25)/p+1. The largest absolute Gasteiger partial charge is 0.321 e. The molecule has 25 heavy (non-hydrogen) atoms. The zero-order valence-electron chi connectivity index (χ0n) is 14.8. The molecule has 3 N–H and O–H groups in total. The molecule has 0 radical (unpaired) electrons. The number of amides is 2. The number of aryl methyl sites for hydroxylation is 1. The Morgan fingerprint density at radius 2 is 1.48 bits per heavy atom. The fraction of sp³-hybridized carbons (Fsp3) is 0.300. The van der Waals surface area contributed by atoms with Crippen LogP contribution in [-0.2, 0) is 9.59 Å². The first-order valence-corrected chi connectivity index (χ1v) is 8.62. The zero-order valence-corrected chi connectivity index (χ0v) is 14.8. The van der Waals surface area contributed by atoms with E-state index in [0.29, 0.717) is 0 Å². The predicted octanol–water partition coefficient (Wildman–Crippen LogP) is 1.87. The molecule has 0 aliphatic rings.